The second-order valence-electron chi connectivity index (χ2n) is 4.91. The third-order valence-electron chi connectivity index (χ3n) is 3.57. The van der Waals surface area contributed by atoms with Crippen LogP contribution in [0.3, 0.4) is 0 Å². The van der Waals surface area contributed by atoms with Crippen LogP contribution in [0.4, 0.5) is 24.5 Å². The zero-order valence-electron chi connectivity index (χ0n) is 11.0. The molecule has 2 aromatic rings. The molecular formula is C15H13F3N2O. The minimum atomic E-state index is -4.47. The Hall–Kier alpha value is -2.37. The van der Waals surface area contributed by atoms with Gasteiger partial charge < -0.3 is 16.2 Å². The zero-order valence-corrected chi connectivity index (χ0v) is 11.0. The Labute approximate surface area is 119 Å². The summed E-state index contributed by atoms with van der Waals surface area (Å²) in [4.78, 5) is 0. The number of hydrogen-bond acceptors (Lipinski definition) is 3. The van der Waals surface area contributed by atoms with Crippen molar-refractivity contribution in [1.29, 1.82) is 0 Å². The third kappa shape index (κ3) is 2.26. The van der Waals surface area contributed by atoms with Crippen LogP contribution in [0.15, 0.2) is 30.3 Å². The molecule has 3 rings (SSSR count). The Morgan fingerprint density at radius 3 is 2.52 bits per heavy atom. The summed E-state index contributed by atoms with van der Waals surface area (Å²) in [6.45, 7) is 0.515. The third-order valence-corrected chi connectivity index (χ3v) is 3.57. The van der Waals surface area contributed by atoms with Crippen molar-refractivity contribution in [2.24, 2.45) is 0 Å². The van der Waals surface area contributed by atoms with Crippen LogP contribution < -0.4 is 16.2 Å². The van der Waals surface area contributed by atoms with Gasteiger partial charge >= 0.3 is 6.18 Å². The summed E-state index contributed by atoms with van der Waals surface area (Å²) < 4.78 is 44.3. The molecule has 0 amide bonds. The van der Waals surface area contributed by atoms with E-state index in [2.05, 4.69) is 0 Å². The molecule has 110 valence electrons. The van der Waals surface area contributed by atoms with E-state index in [9.17, 15) is 13.2 Å². The first kappa shape index (κ1) is 13.6. The highest BCUT2D eigenvalue weighted by atomic mass is 19.4. The van der Waals surface area contributed by atoms with E-state index >= 15 is 0 Å². The number of hydrogen-bond donors (Lipinski definition) is 2. The number of benzene rings is 2. The fourth-order valence-corrected chi connectivity index (χ4v) is 2.54. The van der Waals surface area contributed by atoms with Gasteiger partial charge in [0.2, 0.25) is 0 Å². The summed E-state index contributed by atoms with van der Waals surface area (Å²) >= 11 is 0. The molecule has 0 saturated carbocycles. The average Bonchev–Trinajstić information content (AvgIpc) is 2.88. The van der Waals surface area contributed by atoms with Gasteiger partial charge in [0, 0.05) is 17.5 Å². The fraction of sp³-hybridized carbons (Fsp3) is 0.200. The first-order chi connectivity index (χ1) is 9.88. The molecule has 0 bridgehead atoms. The topological polar surface area (TPSA) is 61.3 Å². The minimum Gasteiger partial charge on any atom is -0.493 e. The highest BCUT2D eigenvalue weighted by Gasteiger charge is 2.32. The molecule has 0 atom stereocenters. The largest absolute Gasteiger partial charge is 0.493 e. The van der Waals surface area contributed by atoms with Gasteiger partial charge in [-0.2, -0.15) is 13.2 Å². The van der Waals surface area contributed by atoms with Crippen LogP contribution in [-0.2, 0) is 12.6 Å². The lowest BCUT2D eigenvalue weighted by molar-refractivity contribution is -0.137. The molecule has 0 radical (unpaired) electrons. The Bertz CT molecular complexity index is 711. The highest BCUT2D eigenvalue weighted by Crippen LogP contribution is 2.42. The lowest BCUT2D eigenvalue weighted by Crippen LogP contribution is -2.08. The van der Waals surface area contributed by atoms with Gasteiger partial charge in [-0.25, -0.2) is 0 Å². The van der Waals surface area contributed by atoms with Gasteiger partial charge in [0.1, 0.15) is 5.75 Å². The average molecular weight is 294 g/mol. The standard InChI is InChI=1S/C15H13F3N2O/c16-15(17,18)8-6-11(14(20)12(19)7-8)9-2-1-3-13-10(9)4-5-21-13/h1-3,6-7H,4-5,19-20H2. The molecule has 6 heteroatoms. The number of rotatable bonds is 1. The fourth-order valence-electron chi connectivity index (χ4n) is 2.54. The Kier molecular flexibility index (Phi) is 2.97. The molecule has 2 aromatic carbocycles. The van der Waals surface area contributed by atoms with Crippen molar-refractivity contribution in [2.75, 3.05) is 18.1 Å². The minimum absolute atomic E-state index is 0.0728. The first-order valence-electron chi connectivity index (χ1n) is 6.39. The van der Waals surface area contributed by atoms with Gasteiger partial charge in [0.25, 0.3) is 0 Å². The first-order valence-corrected chi connectivity index (χ1v) is 6.39. The van der Waals surface area contributed by atoms with Crippen molar-refractivity contribution in [3.8, 4) is 16.9 Å². The van der Waals surface area contributed by atoms with Gasteiger partial charge in [0.05, 0.1) is 23.5 Å². The van der Waals surface area contributed by atoms with E-state index in [0.717, 1.165) is 17.7 Å². The summed E-state index contributed by atoms with van der Waals surface area (Å²) in [5.74, 6) is 0.683. The van der Waals surface area contributed by atoms with E-state index < -0.39 is 11.7 Å². The maximum absolute atomic E-state index is 12.9. The molecule has 1 aliphatic heterocycles. The molecule has 4 N–H and O–H groups in total. The van der Waals surface area contributed by atoms with E-state index in [1.54, 1.807) is 18.2 Å². The lowest BCUT2D eigenvalue weighted by atomic mass is 9.94. The molecule has 1 aliphatic rings. The molecule has 21 heavy (non-hydrogen) atoms. The molecule has 0 spiro atoms. The van der Waals surface area contributed by atoms with E-state index in [1.807, 2.05) is 0 Å². The van der Waals surface area contributed by atoms with Gasteiger partial charge in [-0.05, 0) is 23.8 Å². The van der Waals surface area contributed by atoms with Crippen molar-refractivity contribution in [2.45, 2.75) is 12.6 Å². The summed E-state index contributed by atoms with van der Waals surface area (Å²) in [6, 6.07) is 7.16. The summed E-state index contributed by atoms with van der Waals surface area (Å²) in [5, 5.41) is 0. The zero-order chi connectivity index (χ0) is 15.2. The van der Waals surface area contributed by atoms with Gasteiger partial charge in [-0.15, -0.1) is 0 Å². The maximum atomic E-state index is 12.9. The normalized spacial score (nSPS) is 13.9. The molecule has 0 fully saturated rings. The molecule has 1 heterocycles. The Morgan fingerprint density at radius 2 is 1.81 bits per heavy atom. The van der Waals surface area contributed by atoms with Crippen molar-refractivity contribution in [3.63, 3.8) is 0 Å². The lowest BCUT2D eigenvalue weighted by Gasteiger charge is -2.15. The monoisotopic (exact) mass is 294 g/mol. The molecular weight excluding hydrogens is 281 g/mol. The number of ether oxygens (including phenoxy) is 1. The van der Waals surface area contributed by atoms with Gasteiger partial charge in [0.15, 0.2) is 0 Å². The smallest absolute Gasteiger partial charge is 0.416 e. The summed E-state index contributed by atoms with van der Waals surface area (Å²) in [5.41, 5.74) is 12.6. The summed E-state index contributed by atoms with van der Waals surface area (Å²) in [7, 11) is 0. The van der Waals surface area contributed by atoms with E-state index in [0.29, 0.717) is 29.9 Å². The van der Waals surface area contributed by atoms with Crippen LogP contribution in [0.1, 0.15) is 11.1 Å². The molecule has 0 saturated heterocycles. The Morgan fingerprint density at radius 1 is 1.05 bits per heavy atom. The van der Waals surface area contributed by atoms with E-state index in [4.69, 9.17) is 16.2 Å². The number of nitrogen functional groups attached to an aromatic ring is 2. The SMILES string of the molecule is Nc1cc(C(F)(F)F)cc(-c2cccc3c2CCO3)c1N. The quantitative estimate of drug-likeness (QED) is 0.792. The van der Waals surface area contributed by atoms with Crippen LogP contribution >= 0.6 is 0 Å². The van der Waals surface area contributed by atoms with Crippen molar-refractivity contribution >= 4 is 11.4 Å². The number of anilines is 2. The number of halogens is 3. The predicted octanol–water partition coefficient (Wildman–Crippen LogP) is 3.47. The van der Waals surface area contributed by atoms with Crippen LogP contribution in [0.25, 0.3) is 11.1 Å². The summed E-state index contributed by atoms with van der Waals surface area (Å²) in [6.07, 6.45) is -3.83. The Balaban J connectivity index is 2.24. The van der Waals surface area contributed by atoms with Crippen LogP contribution in [0, 0.1) is 0 Å². The second-order valence-corrected chi connectivity index (χ2v) is 4.91. The van der Waals surface area contributed by atoms with E-state index in [-0.39, 0.29) is 11.4 Å². The number of nitrogens with two attached hydrogens (primary N) is 2. The maximum Gasteiger partial charge on any atom is 0.416 e. The van der Waals surface area contributed by atoms with Crippen molar-refractivity contribution < 1.29 is 17.9 Å². The molecule has 0 aromatic heterocycles. The number of fused-ring (bicyclic) bond motifs is 1. The van der Waals surface area contributed by atoms with Crippen molar-refractivity contribution in [3.05, 3.63) is 41.5 Å². The van der Waals surface area contributed by atoms with Crippen LogP contribution in [0.5, 0.6) is 5.75 Å². The van der Waals surface area contributed by atoms with Crippen molar-refractivity contribution in [1.82, 2.24) is 0 Å². The molecule has 3 nitrogen and oxygen atoms in total. The van der Waals surface area contributed by atoms with E-state index in [1.165, 1.54) is 0 Å². The molecule has 0 aliphatic carbocycles. The van der Waals surface area contributed by atoms with Gasteiger partial charge in [-0.3, -0.25) is 0 Å². The second kappa shape index (κ2) is 4.58. The van der Waals surface area contributed by atoms with Gasteiger partial charge in [-0.1, -0.05) is 12.1 Å². The van der Waals surface area contributed by atoms with Crippen LogP contribution in [-0.4, -0.2) is 6.61 Å². The highest BCUT2D eigenvalue weighted by molar-refractivity contribution is 5.87. The predicted molar refractivity (Wildman–Crippen MR) is 74.9 cm³/mol. The molecule has 0 unspecified atom stereocenters. The number of alkyl halides is 3. The van der Waals surface area contributed by atoms with Crippen LogP contribution in [0.2, 0.25) is 0 Å².